The Kier molecular flexibility index (Phi) is 4.70. The smallest absolute Gasteiger partial charge is 0.277 e. The van der Waals surface area contributed by atoms with Crippen LogP contribution in [-0.2, 0) is 6.54 Å². The van der Waals surface area contributed by atoms with Crippen molar-refractivity contribution in [1.29, 1.82) is 0 Å². The highest BCUT2D eigenvalue weighted by molar-refractivity contribution is 7.99. The van der Waals surface area contributed by atoms with Crippen LogP contribution in [0.25, 0.3) is 0 Å². The van der Waals surface area contributed by atoms with Crippen LogP contribution in [0.4, 0.5) is 4.39 Å². The van der Waals surface area contributed by atoms with Crippen LogP contribution in [0.15, 0.2) is 34.4 Å². The number of rotatable bonds is 6. The number of benzene rings is 1. The second kappa shape index (κ2) is 6.91. The van der Waals surface area contributed by atoms with Gasteiger partial charge in [-0.1, -0.05) is 11.8 Å². The molecule has 1 aromatic carbocycles. The van der Waals surface area contributed by atoms with Crippen LogP contribution in [0.3, 0.4) is 0 Å². The van der Waals surface area contributed by atoms with Gasteiger partial charge in [-0.3, -0.25) is 4.79 Å². The highest BCUT2D eigenvalue weighted by Gasteiger charge is 2.14. The van der Waals surface area contributed by atoms with E-state index in [1.54, 1.807) is 37.0 Å². The zero-order chi connectivity index (χ0) is 17.1. The molecule has 0 aliphatic heterocycles. The van der Waals surface area contributed by atoms with Gasteiger partial charge < -0.3 is 4.42 Å². The number of aryl methyl sites for hydroxylation is 2. The molecule has 124 valence electrons. The van der Waals surface area contributed by atoms with Crippen LogP contribution in [0.5, 0.6) is 0 Å². The van der Waals surface area contributed by atoms with Gasteiger partial charge in [-0.2, -0.15) is 5.10 Å². The molecular weight excluding hydrogens is 333 g/mol. The zero-order valence-electron chi connectivity index (χ0n) is 13.1. The average molecular weight is 347 g/mol. The van der Waals surface area contributed by atoms with Crippen LogP contribution < -0.4 is 0 Å². The number of hydrogen-bond acceptors (Lipinski definition) is 7. The first-order valence-corrected chi connectivity index (χ1v) is 8.09. The summed E-state index contributed by atoms with van der Waals surface area (Å²) in [6.07, 6.45) is 2.96. The summed E-state index contributed by atoms with van der Waals surface area (Å²) in [6.45, 7) is 3.60. The fourth-order valence-electron chi connectivity index (χ4n) is 2.13. The molecule has 2 aromatic heterocycles. The van der Waals surface area contributed by atoms with E-state index in [1.165, 1.54) is 6.33 Å². The molecule has 0 amide bonds. The quantitative estimate of drug-likeness (QED) is 0.500. The molecule has 0 radical (unpaired) electrons. The standard InChI is InChI=1S/C15H14FN5O2S/c1-9-3-11(4-10(2)14(9)16)12(22)6-24-15-20-19-13(23-15)5-21-8-17-7-18-21/h3-4,7-8H,5-6H2,1-2H3. The molecule has 0 saturated heterocycles. The lowest BCUT2D eigenvalue weighted by Gasteiger charge is -2.05. The maximum atomic E-state index is 13.6. The molecule has 0 N–H and O–H groups in total. The highest BCUT2D eigenvalue weighted by Crippen LogP contribution is 2.20. The van der Waals surface area contributed by atoms with Crippen LogP contribution >= 0.6 is 11.8 Å². The number of thioether (sulfide) groups is 1. The summed E-state index contributed by atoms with van der Waals surface area (Å²) >= 11 is 1.14. The van der Waals surface area contributed by atoms with Crippen molar-refractivity contribution >= 4 is 17.5 Å². The Balaban J connectivity index is 1.61. The van der Waals surface area contributed by atoms with Crippen molar-refractivity contribution < 1.29 is 13.6 Å². The molecule has 0 aliphatic rings. The van der Waals surface area contributed by atoms with Crippen molar-refractivity contribution in [3.8, 4) is 0 Å². The molecule has 3 aromatic rings. The third-order valence-electron chi connectivity index (χ3n) is 3.30. The Hall–Kier alpha value is -2.55. The van der Waals surface area contributed by atoms with Gasteiger partial charge in [0.25, 0.3) is 5.22 Å². The fourth-order valence-corrected chi connectivity index (χ4v) is 2.81. The Labute approximate surface area is 141 Å². The molecular formula is C15H14FN5O2S. The normalized spacial score (nSPS) is 11.0. The van der Waals surface area contributed by atoms with E-state index in [1.807, 2.05) is 0 Å². The molecule has 0 bridgehead atoms. The van der Waals surface area contributed by atoms with Crippen LogP contribution in [-0.4, -0.2) is 36.5 Å². The van der Waals surface area contributed by atoms with Crippen molar-refractivity contribution in [2.45, 2.75) is 25.6 Å². The summed E-state index contributed by atoms with van der Waals surface area (Å²) in [7, 11) is 0. The lowest BCUT2D eigenvalue weighted by Crippen LogP contribution is -2.04. The lowest BCUT2D eigenvalue weighted by atomic mass is 10.0. The third-order valence-corrected chi connectivity index (χ3v) is 4.12. The second-order valence-electron chi connectivity index (χ2n) is 5.19. The monoisotopic (exact) mass is 347 g/mol. The second-order valence-corrected chi connectivity index (χ2v) is 6.12. The van der Waals surface area contributed by atoms with Crippen LogP contribution in [0.1, 0.15) is 27.4 Å². The predicted molar refractivity (Wildman–Crippen MR) is 84.4 cm³/mol. The summed E-state index contributed by atoms with van der Waals surface area (Å²) in [4.78, 5) is 16.1. The summed E-state index contributed by atoms with van der Waals surface area (Å²) in [6, 6.07) is 3.10. The predicted octanol–water partition coefficient (Wildman–Crippen LogP) is 2.44. The molecule has 0 spiro atoms. The molecule has 24 heavy (non-hydrogen) atoms. The van der Waals surface area contributed by atoms with Gasteiger partial charge in [-0.05, 0) is 37.1 Å². The third kappa shape index (κ3) is 3.67. The summed E-state index contributed by atoms with van der Waals surface area (Å²) in [5.74, 6) is 0.107. The maximum absolute atomic E-state index is 13.6. The number of Topliss-reactive ketones (excluding diaryl/α,β-unsaturated/α-hetero) is 1. The Morgan fingerprint density at radius 1 is 1.29 bits per heavy atom. The average Bonchev–Trinajstić information content (AvgIpc) is 3.22. The van der Waals surface area contributed by atoms with Gasteiger partial charge in [0, 0.05) is 5.56 Å². The first kappa shape index (κ1) is 16.3. The van der Waals surface area contributed by atoms with E-state index in [0.717, 1.165) is 11.8 Å². The van der Waals surface area contributed by atoms with Gasteiger partial charge in [-0.25, -0.2) is 14.1 Å². The number of hydrogen-bond donors (Lipinski definition) is 0. The summed E-state index contributed by atoms with van der Waals surface area (Å²) in [5.41, 5.74) is 1.38. The van der Waals surface area contributed by atoms with Gasteiger partial charge in [0.2, 0.25) is 5.89 Å². The molecule has 9 heteroatoms. The van der Waals surface area contributed by atoms with Crippen LogP contribution in [0, 0.1) is 19.7 Å². The van der Waals surface area contributed by atoms with E-state index >= 15 is 0 Å². The molecule has 3 rings (SSSR count). The van der Waals surface area contributed by atoms with Gasteiger partial charge in [-0.15, -0.1) is 10.2 Å². The van der Waals surface area contributed by atoms with Gasteiger partial charge in [0.1, 0.15) is 25.0 Å². The van der Waals surface area contributed by atoms with Crippen molar-refractivity contribution in [2.75, 3.05) is 5.75 Å². The molecule has 0 unspecified atom stereocenters. The number of nitrogens with zero attached hydrogens (tertiary/aromatic N) is 5. The largest absolute Gasteiger partial charge is 0.414 e. The molecule has 0 fully saturated rings. The zero-order valence-corrected chi connectivity index (χ0v) is 13.9. The van der Waals surface area contributed by atoms with E-state index in [-0.39, 0.29) is 17.4 Å². The Morgan fingerprint density at radius 3 is 2.71 bits per heavy atom. The van der Waals surface area contributed by atoms with Crippen molar-refractivity contribution in [2.24, 2.45) is 0 Å². The maximum Gasteiger partial charge on any atom is 0.277 e. The highest BCUT2D eigenvalue weighted by atomic mass is 32.2. The van der Waals surface area contributed by atoms with Crippen molar-refractivity contribution in [3.05, 3.63) is 53.2 Å². The summed E-state index contributed by atoms with van der Waals surface area (Å²) < 4.78 is 20.6. The number of carbonyl (C=O) groups excluding carboxylic acids is 1. The number of ketones is 1. The Bertz CT molecular complexity index is 840. The fraction of sp³-hybridized carbons (Fsp3) is 0.267. The van der Waals surface area contributed by atoms with E-state index in [4.69, 9.17) is 4.42 Å². The van der Waals surface area contributed by atoms with Gasteiger partial charge in [0.15, 0.2) is 5.78 Å². The van der Waals surface area contributed by atoms with Crippen LogP contribution in [0.2, 0.25) is 0 Å². The van der Waals surface area contributed by atoms with Crippen molar-refractivity contribution in [1.82, 2.24) is 25.0 Å². The van der Waals surface area contributed by atoms with E-state index in [2.05, 4.69) is 20.3 Å². The minimum atomic E-state index is -0.283. The van der Waals surface area contributed by atoms with Gasteiger partial charge in [0.05, 0.1) is 5.75 Å². The van der Waals surface area contributed by atoms with E-state index < -0.39 is 0 Å². The number of carbonyl (C=O) groups is 1. The lowest BCUT2D eigenvalue weighted by molar-refractivity contribution is 0.102. The van der Waals surface area contributed by atoms with Crippen molar-refractivity contribution in [3.63, 3.8) is 0 Å². The molecule has 0 aliphatic carbocycles. The Morgan fingerprint density at radius 2 is 2.04 bits per heavy atom. The SMILES string of the molecule is Cc1cc(C(=O)CSc2nnc(Cn3cncn3)o2)cc(C)c1F. The summed E-state index contributed by atoms with van der Waals surface area (Å²) in [5, 5.41) is 12.0. The number of halogens is 1. The van der Waals surface area contributed by atoms with E-state index in [9.17, 15) is 9.18 Å². The minimum absolute atomic E-state index is 0.123. The van der Waals surface area contributed by atoms with Gasteiger partial charge >= 0.3 is 0 Å². The first-order valence-electron chi connectivity index (χ1n) is 7.10. The molecule has 7 nitrogen and oxygen atoms in total. The first-order chi connectivity index (χ1) is 11.5. The number of aromatic nitrogens is 5. The molecule has 0 saturated carbocycles. The van der Waals surface area contributed by atoms with E-state index in [0.29, 0.717) is 34.3 Å². The minimum Gasteiger partial charge on any atom is -0.414 e. The molecule has 2 heterocycles. The topological polar surface area (TPSA) is 86.7 Å². The molecule has 0 atom stereocenters.